The Bertz CT molecular complexity index is 1330. The molecule has 9 nitrogen and oxygen atoms in total. The van der Waals surface area contributed by atoms with Crippen LogP contribution in [0.2, 0.25) is 0 Å². The Hall–Kier alpha value is -4.21. The van der Waals surface area contributed by atoms with Gasteiger partial charge in [0.25, 0.3) is 0 Å². The summed E-state index contributed by atoms with van der Waals surface area (Å²) in [7, 11) is 0. The van der Waals surface area contributed by atoms with Gasteiger partial charge >= 0.3 is 17.9 Å². The van der Waals surface area contributed by atoms with E-state index >= 15 is 0 Å². The monoisotopic (exact) mass is 595 g/mol. The van der Waals surface area contributed by atoms with E-state index in [0.717, 1.165) is 6.54 Å². The largest absolute Gasteiger partial charge is 0.456 e. The molecule has 4 N–H and O–H groups in total. The van der Waals surface area contributed by atoms with Gasteiger partial charge in [0.2, 0.25) is 0 Å². The number of hydrogen-bond acceptors (Lipinski definition) is 8. The molecule has 0 fully saturated rings. The quantitative estimate of drug-likeness (QED) is 0.263. The predicted molar refractivity (Wildman–Crippen MR) is 167 cm³/mol. The van der Waals surface area contributed by atoms with Crippen molar-refractivity contribution >= 4 is 17.9 Å². The third-order valence-corrected chi connectivity index (χ3v) is 6.04. The van der Waals surface area contributed by atoms with Gasteiger partial charge in [0, 0.05) is 28.8 Å². The zero-order valence-corrected chi connectivity index (χ0v) is 26.6. The zero-order valence-electron chi connectivity index (χ0n) is 26.6. The zero-order chi connectivity index (χ0) is 31.6. The van der Waals surface area contributed by atoms with Crippen molar-refractivity contribution in [1.29, 1.82) is 0 Å². The number of ether oxygens (including phenoxy) is 4. The number of fused-ring (bicyclic) bond motifs is 6. The summed E-state index contributed by atoms with van der Waals surface area (Å²) in [5, 5.41) is 0. The molecule has 3 aromatic rings. The van der Waals surface area contributed by atoms with Crippen LogP contribution in [0.5, 0.6) is 23.0 Å². The Morgan fingerprint density at radius 2 is 1.19 bits per heavy atom. The number of rotatable bonds is 4. The number of esters is 3. The van der Waals surface area contributed by atoms with Gasteiger partial charge in [-0.2, -0.15) is 0 Å². The van der Waals surface area contributed by atoms with Crippen LogP contribution in [0.25, 0.3) is 0 Å². The summed E-state index contributed by atoms with van der Waals surface area (Å²) in [5.41, 5.74) is 5.91. The van der Waals surface area contributed by atoms with Gasteiger partial charge in [-0.3, -0.25) is 9.59 Å². The molecule has 3 aromatic carbocycles. The van der Waals surface area contributed by atoms with E-state index < -0.39 is 11.6 Å². The lowest BCUT2D eigenvalue weighted by atomic mass is 9.77. The molecule has 2 aliphatic rings. The van der Waals surface area contributed by atoms with Gasteiger partial charge in [-0.05, 0) is 36.9 Å². The van der Waals surface area contributed by atoms with E-state index in [1.165, 1.54) is 0 Å². The predicted octanol–water partition coefficient (Wildman–Crippen LogP) is 6.57. The van der Waals surface area contributed by atoms with Crippen molar-refractivity contribution in [1.82, 2.24) is 0 Å². The second kappa shape index (κ2) is 16.4. The number of nitrogens with two attached hydrogens (primary N) is 1. The van der Waals surface area contributed by atoms with Gasteiger partial charge in [-0.25, -0.2) is 4.79 Å². The maximum Gasteiger partial charge on any atom is 0.340 e. The number of benzene rings is 3. The molecule has 0 amide bonds. The molecule has 0 aliphatic carbocycles. The molecule has 0 bridgehead atoms. The van der Waals surface area contributed by atoms with Gasteiger partial charge in [-0.1, -0.05) is 80.5 Å². The van der Waals surface area contributed by atoms with Crippen molar-refractivity contribution in [3.05, 3.63) is 82.9 Å². The van der Waals surface area contributed by atoms with Crippen molar-refractivity contribution in [3.63, 3.8) is 0 Å². The van der Waals surface area contributed by atoms with Crippen molar-refractivity contribution in [2.75, 3.05) is 6.54 Å². The lowest BCUT2D eigenvalue weighted by molar-refractivity contribution is -0.138. The third kappa shape index (κ3) is 7.60. The van der Waals surface area contributed by atoms with Gasteiger partial charge in [0.15, 0.2) is 5.60 Å². The first-order valence-electron chi connectivity index (χ1n) is 14.6. The average molecular weight is 596 g/mol. The lowest BCUT2D eigenvalue weighted by Crippen LogP contribution is -2.33. The highest BCUT2D eigenvalue weighted by molar-refractivity contribution is 5.97. The minimum atomic E-state index is -1.27. The van der Waals surface area contributed by atoms with Crippen LogP contribution < -0.4 is 19.9 Å². The fraction of sp³-hybridized carbons (Fsp3) is 0.382. The summed E-state index contributed by atoms with van der Waals surface area (Å²) in [4.78, 5) is 37.2. The molecule has 43 heavy (non-hydrogen) atoms. The molecule has 5 rings (SSSR count). The van der Waals surface area contributed by atoms with E-state index in [-0.39, 0.29) is 29.3 Å². The van der Waals surface area contributed by atoms with Crippen LogP contribution in [0.4, 0.5) is 0 Å². The maximum atomic E-state index is 12.9. The Morgan fingerprint density at radius 1 is 0.767 bits per heavy atom. The smallest absolute Gasteiger partial charge is 0.340 e. The molecule has 9 heteroatoms. The molecule has 2 heterocycles. The lowest BCUT2D eigenvalue weighted by Gasteiger charge is -2.36. The van der Waals surface area contributed by atoms with E-state index in [9.17, 15) is 14.4 Å². The molecule has 0 saturated heterocycles. The van der Waals surface area contributed by atoms with E-state index in [1.54, 1.807) is 76.2 Å². The van der Waals surface area contributed by atoms with E-state index in [0.29, 0.717) is 45.3 Å². The Balaban J connectivity index is 0.00000107. The van der Waals surface area contributed by atoms with Crippen LogP contribution in [-0.2, 0) is 19.9 Å². The molecule has 234 valence electrons. The molecule has 1 spiro atoms. The van der Waals surface area contributed by atoms with Crippen LogP contribution in [0.15, 0.2) is 60.7 Å². The third-order valence-electron chi connectivity index (χ3n) is 6.04. The fourth-order valence-electron chi connectivity index (χ4n) is 4.23. The summed E-state index contributed by atoms with van der Waals surface area (Å²) in [6, 6.07) is 17.2. The molecule has 0 radical (unpaired) electrons. The summed E-state index contributed by atoms with van der Waals surface area (Å²) in [6.45, 7) is 17.6. The van der Waals surface area contributed by atoms with Crippen molar-refractivity contribution in [2.45, 2.75) is 67.9 Å². The number of hydrogen-bond donors (Lipinski definition) is 1. The maximum absolute atomic E-state index is 12.9. The highest BCUT2D eigenvalue weighted by Gasteiger charge is 2.53. The Morgan fingerprint density at radius 3 is 1.60 bits per heavy atom. The van der Waals surface area contributed by atoms with E-state index in [2.05, 4.69) is 0 Å². The summed E-state index contributed by atoms with van der Waals surface area (Å²) >= 11 is 0. The van der Waals surface area contributed by atoms with Gasteiger partial charge in [0.05, 0.1) is 17.4 Å². The SMILES string of the molecule is CC.CC.CC(C)C(=O)Oc1ccc2c(c1)Oc1cc(OC(=O)C(C)C)ccc1C21OC(=O)c2ccccc21.CCN.O. The first-order chi connectivity index (χ1) is 20.1. The van der Waals surface area contributed by atoms with Crippen molar-refractivity contribution in [3.8, 4) is 23.0 Å². The van der Waals surface area contributed by atoms with Gasteiger partial charge in [0.1, 0.15) is 23.0 Å². The van der Waals surface area contributed by atoms with Crippen LogP contribution >= 0.6 is 0 Å². The highest BCUT2D eigenvalue weighted by Crippen LogP contribution is 2.57. The number of carbonyl (C=O) groups is 3. The summed E-state index contributed by atoms with van der Waals surface area (Å²) in [5.74, 6) is -0.480. The van der Waals surface area contributed by atoms with E-state index in [4.69, 9.17) is 24.7 Å². The molecule has 0 saturated carbocycles. The normalized spacial score (nSPS) is 12.6. The van der Waals surface area contributed by atoms with Crippen molar-refractivity contribution in [2.24, 2.45) is 17.6 Å². The van der Waals surface area contributed by atoms with Crippen LogP contribution in [0, 0.1) is 11.8 Å². The van der Waals surface area contributed by atoms with Gasteiger partial charge < -0.3 is 30.2 Å². The van der Waals surface area contributed by atoms with Crippen LogP contribution in [0.3, 0.4) is 0 Å². The van der Waals surface area contributed by atoms with Crippen molar-refractivity contribution < 1.29 is 38.8 Å². The average Bonchev–Trinajstić information content (AvgIpc) is 3.28. The number of carbonyl (C=O) groups excluding carboxylic acids is 3. The molecular weight excluding hydrogens is 550 g/mol. The van der Waals surface area contributed by atoms with Crippen LogP contribution in [-0.4, -0.2) is 29.9 Å². The highest BCUT2D eigenvalue weighted by atomic mass is 16.6. The topological polar surface area (TPSA) is 146 Å². The van der Waals surface area contributed by atoms with Crippen LogP contribution in [0.1, 0.15) is 89.4 Å². The molecular formula is C34H45NO8. The fourth-order valence-corrected chi connectivity index (χ4v) is 4.23. The van der Waals surface area contributed by atoms with Gasteiger partial charge in [-0.15, -0.1) is 0 Å². The molecule has 0 aromatic heterocycles. The molecule has 0 unspecified atom stereocenters. The first-order valence-corrected chi connectivity index (χ1v) is 14.6. The second-order valence-electron chi connectivity index (χ2n) is 9.59. The van der Waals surface area contributed by atoms with E-state index in [1.807, 2.05) is 46.8 Å². The summed E-state index contributed by atoms with van der Waals surface area (Å²) in [6.07, 6.45) is 0. The second-order valence-corrected chi connectivity index (χ2v) is 9.59. The molecule has 2 aliphatic heterocycles. The summed E-state index contributed by atoms with van der Waals surface area (Å²) < 4.78 is 23.3. The molecule has 0 atom stereocenters. The Labute approximate surface area is 254 Å². The minimum Gasteiger partial charge on any atom is -0.456 e. The Kier molecular flexibility index (Phi) is 14.1. The minimum absolute atomic E-state index is 0. The first kappa shape index (κ1) is 36.8. The standard InChI is InChI=1S/C28H24O7.C2H7N.2C2H6.H2O/c1-15(2)25(29)32-17-9-11-21-23(13-17)34-24-14-18(33-26(30)16(3)4)10-12-22(24)28(21)20-8-6-5-7-19(20)27(31)35-28;1-2-3;2*1-2;/h5-16H,1-4H3;2-3H2,1H3;2*1-2H3;1H2.